The van der Waals surface area contributed by atoms with Crippen molar-refractivity contribution in [3.8, 4) is 0 Å². The number of aliphatic hydroxyl groups is 1. The van der Waals surface area contributed by atoms with Gasteiger partial charge in [0.2, 0.25) is 0 Å². The minimum atomic E-state index is -0.379. The van der Waals surface area contributed by atoms with Crippen LogP contribution >= 0.6 is 0 Å². The maximum absolute atomic E-state index is 9.96. The summed E-state index contributed by atoms with van der Waals surface area (Å²) in [4.78, 5) is 0. The Hall–Kier alpha value is -0.160. The summed E-state index contributed by atoms with van der Waals surface area (Å²) >= 11 is 0. The van der Waals surface area contributed by atoms with Gasteiger partial charge in [-0.15, -0.1) is 0 Å². The van der Waals surface area contributed by atoms with Gasteiger partial charge in [0.25, 0.3) is 0 Å². The molecule has 2 aliphatic rings. The summed E-state index contributed by atoms with van der Waals surface area (Å²) in [6, 6.07) is 0. The van der Waals surface area contributed by atoms with Gasteiger partial charge in [0.1, 0.15) is 0 Å². The van der Waals surface area contributed by atoms with E-state index in [0.29, 0.717) is 24.7 Å². The lowest BCUT2D eigenvalue weighted by atomic mass is 9.98. The highest BCUT2D eigenvalue weighted by Gasteiger charge is 2.41. The Morgan fingerprint density at radius 1 is 1.25 bits per heavy atom. The van der Waals surface area contributed by atoms with Crippen LogP contribution in [0.4, 0.5) is 0 Å². The molecule has 2 saturated carbocycles. The molecule has 0 bridgehead atoms. The van der Waals surface area contributed by atoms with E-state index < -0.39 is 0 Å². The number of ether oxygens (including phenoxy) is 2. The summed E-state index contributed by atoms with van der Waals surface area (Å²) < 4.78 is 11.0. The van der Waals surface area contributed by atoms with E-state index in [4.69, 9.17) is 9.47 Å². The quantitative estimate of drug-likeness (QED) is 0.645. The molecule has 1 unspecified atom stereocenters. The number of hydrogen-bond acceptors (Lipinski definition) is 4. The average Bonchev–Trinajstić information content (AvgIpc) is 3.24. The molecule has 2 fully saturated rings. The third-order valence-electron chi connectivity index (χ3n) is 4.75. The van der Waals surface area contributed by atoms with Crippen LogP contribution in [-0.2, 0) is 9.47 Å². The zero-order valence-corrected chi connectivity index (χ0v) is 12.9. The molecule has 2 rings (SSSR count). The van der Waals surface area contributed by atoms with Crippen molar-refractivity contribution in [2.24, 2.45) is 5.41 Å². The Balaban J connectivity index is 1.50. The van der Waals surface area contributed by atoms with E-state index in [-0.39, 0.29) is 6.10 Å². The molecule has 0 saturated heterocycles. The van der Waals surface area contributed by atoms with Crippen LogP contribution in [0.5, 0.6) is 0 Å². The van der Waals surface area contributed by atoms with Gasteiger partial charge in [-0.1, -0.05) is 19.3 Å². The molecule has 0 aromatic rings. The van der Waals surface area contributed by atoms with Crippen molar-refractivity contribution in [3.63, 3.8) is 0 Å². The molecule has 4 nitrogen and oxygen atoms in total. The van der Waals surface area contributed by atoms with Crippen molar-refractivity contribution in [2.45, 2.75) is 63.6 Å². The first-order valence-corrected chi connectivity index (χ1v) is 8.23. The van der Waals surface area contributed by atoms with Crippen molar-refractivity contribution < 1.29 is 14.6 Å². The largest absolute Gasteiger partial charge is 0.389 e. The Kier molecular flexibility index (Phi) is 6.75. The number of rotatable bonds is 10. The molecule has 1 atom stereocenters. The van der Waals surface area contributed by atoms with Crippen LogP contribution in [0.3, 0.4) is 0 Å². The van der Waals surface area contributed by atoms with Crippen LogP contribution in [0, 0.1) is 5.41 Å². The van der Waals surface area contributed by atoms with Crippen LogP contribution in [0.1, 0.15) is 51.4 Å². The lowest BCUT2D eigenvalue weighted by Crippen LogP contribution is -2.35. The van der Waals surface area contributed by atoms with Gasteiger partial charge in [-0.3, -0.25) is 0 Å². The van der Waals surface area contributed by atoms with E-state index in [9.17, 15) is 5.11 Å². The van der Waals surface area contributed by atoms with Gasteiger partial charge in [-0.2, -0.15) is 0 Å². The third-order valence-corrected chi connectivity index (χ3v) is 4.75. The monoisotopic (exact) mass is 285 g/mol. The second kappa shape index (κ2) is 8.32. The van der Waals surface area contributed by atoms with Crippen molar-refractivity contribution in [2.75, 3.05) is 33.4 Å². The first kappa shape index (κ1) is 16.2. The lowest BCUT2D eigenvalue weighted by molar-refractivity contribution is -0.0232. The molecule has 0 aromatic heterocycles. The average molecular weight is 285 g/mol. The van der Waals surface area contributed by atoms with E-state index in [0.717, 1.165) is 19.6 Å². The molecule has 2 N–H and O–H groups in total. The molecule has 0 aromatic carbocycles. The Morgan fingerprint density at radius 3 is 2.65 bits per heavy atom. The second-order valence-corrected chi connectivity index (χ2v) is 6.62. The van der Waals surface area contributed by atoms with Gasteiger partial charge >= 0.3 is 0 Å². The van der Waals surface area contributed by atoms with Crippen LogP contribution in [-0.4, -0.2) is 50.7 Å². The molecule has 20 heavy (non-hydrogen) atoms. The molecule has 4 heteroatoms. The van der Waals surface area contributed by atoms with Gasteiger partial charge in [-0.05, 0) is 37.5 Å². The minimum Gasteiger partial charge on any atom is -0.389 e. The van der Waals surface area contributed by atoms with Gasteiger partial charge in [0.05, 0.1) is 18.8 Å². The van der Waals surface area contributed by atoms with Crippen molar-refractivity contribution in [1.29, 1.82) is 0 Å². The first-order valence-electron chi connectivity index (χ1n) is 8.23. The zero-order chi connectivity index (χ0) is 14.3. The molecule has 0 amide bonds. The number of hydrogen-bond donors (Lipinski definition) is 2. The molecule has 0 aliphatic heterocycles. The fraction of sp³-hybridized carbons (Fsp3) is 1.00. The molecule has 2 aliphatic carbocycles. The molecule has 0 spiro atoms. The molecular formula is C16H31NO3. The number of aliphatic hydroxyl groups excluding tert-OH is 1. The maximum atomic E-state index is 9.96. The van der Waals surface area contributed by atoms with E-state index in [1.807, 2.05) is 0 Å². The topological polar surface area (TPSA) is 50.7 Å². The van der Waals surface area contributed by atoms with Crippen LogP contribution < -0.4 is 5.32 Å². The summed E-state index contributed by atoms with van der Waals surface area (Å²) in [5.41, 5.74) is 0.444. The van der Waals surface area contributed by atoms with Crippen LogP contribution in [0.25, 0.3) is 0 Å². The standard InChI is InChI=1S/C16H31NO3/c1-19-10-9-16(7-8-16)13-17-11-14(18)12-20-15-5-3-2-4-6-15/h14-15,17-18H,2-13H2,1H3. The normalized spacial score (nSPS) is 23.7. The molecule has 0 heterocycles. The SMILES string of the molecule is COCCC1(CNCC(O)COC2CCCCC2)CC1. The predicted octanol–water partition coefficient (Wildman–Crippen LogP) is 2.10. The fourth-order valence-corrected chi connectivity index (χ4v) is 3.05. The first-order chi connectivity index (χ1) is 9.74. The summed E-state index contributed by atoms with van der Waals surface area (Å²) in [7, 11) is 1.76. The van der Waals surface area contributed by atoms with Gasteiger partial charge < -0.3 is 19.9 Å². The Morgan fingerprint density at radius 2 is 2.00 bits per heavy atom. The Labute approximate surface area is 123 Å². The van der Waals surface area contributed by atoms with Crippen molar-refractivity contribution >= 4 is 0 Å². The third kappa shape index (κ3) is 5.68. The highest BCUT2D eigenvalue weighted by atomic mass is 16.5. The second-order valence-electron chi connectivity index (χ2n) is 6.62. The number of nitrogens with one attached hydrogen (secondary N) is 1. The molecular weight excluding hydrogens is 254 g/mol. The van der Waals surface area contributed by atoms with E-state index in [2.05, 4.69) is 5.32 Å². The summed E-state index contributed by atoms with van der Waals surface area (Å²) in [5, 5.41) is 13.4. The fourth-order valence-electron chi connectivity index (χ4n) is 3.05. The van der Waals surface area contributed by atoms with Gasteiger partial charge in [-0.25, -0.2) is 0 Å². The van der Waals surface area contributed by atoms with Gasteiger partial charge in [0, 0.05) is 26.8 Å². The minimum absolute atomic E-state index is 0.379. The lowest BCUT2D eigenvalue weighted by Gasteiger charge is -2.24. The van der Waals surface area contributed by atoms with Gasteiger partial charge in [0.15, 0.2) is 0 Å². The highest BCUT2D eigenvalue weighted by molar-refractivity contribution is 4.94. The smallest absolute Gasteiger partial charge is 0.0897 e. The van der Waals surface area contributed by atoms with Crippen LogP contribution in [0.15, 0.2) is 0 Å². The highest BCUT2D eigenvalue weighted by Crippen LogP contribution is 2.48. The Bertz CT molecular complexity index is 262. The van der Waals surface area contributed by atoms with E-state index in [1.165, 1.54) is 44.9 Å². The summed E-state index contributed by atoms with van der Waals surface area (Å²) in [6.45, 7) is 2.95. The molecule has 0 radical (unpaired) electrons. The van der Waals surface area contributed by atoms with E-state index in [1.54, 1.807) is 7.11 Å². The molecule has 118 valence electrons. The summed E-state index contributed by atoms with van der Waals surface area (Å²) in [6.07, 6.45) is 9.95. The summed E-state index contributed by atoms with van der Waals surface area (Å²) in [5.74, 6) is 0. The zero-order valence-electron chi connectivity index (χ0n) is 12.9. The predicted molar refractivity (Wildman–Crippen MR) is 79.9 cm³/mol. The van der Waals surface area contributed by atoms with E-state index >= 15 is 0 Å². The van der Waals surface area contributed by atoms with Crippen LogP contribution in [0.2, 0.25) is 0 Å². The van der Waals surface area contributed by atoms with Crippen molar-refractivity contribution in [3.05, 3.63) is 0 Å². The maximum Gasteiger partial charge on any atom is 0.0897 e. The number of methoxy groups -OCH3 is 1. The van der Waals surface area contributed by atoms with Crippen molar-refractivity contribution in [1.82, 2.24) is 5.32 Å².